The largest absolute Gasteiger partial charge is 0.502 e. The summed E-state index contributed by atoms with van der Waals surface area (Å²) >= 11 is 0. The third kappa shape index (κ3) is 4.81. The van der Waals surface area contributed by atoms with Gasteiger partial charge in [0.25, 0.3) is 0 Å². The summed E-state index contributed by atoms with van der Waals surface area (Å²) in [6.07, 6.45) is 4.80. The molecule has 0 rings (SSSR count). The fraction of sp³-hybridized carbons (Fsp3) is 0.286. The van der Waals surface area contributed by atoms with Crippen molar-refractivity contribution in [3.05, 3.63) is 24.6 Å². The van der Waals surface area contributed by atoms with Crippen molar-refractivity contribution >= 4 is 6.21 Å². The van der Waals surface area contributed by atoms with Gasteiger partial charge >= 0.3 is 0 Å². The van der Waals surface area contributed by atoms with E-state index in [1.165, 1.54) is 0 Å². The summed E-state index contributed by atoms with van der Waals surface area (Å²) in [5.74, 6) is 0. The number of ether oxygens (including phenoxy) is 1. The Morgan fingerprint density at radius 3 is 2.78 bits per heavy atom. The van der Waals surface area contributed by atoms with Crippen molar-refractivity contribution in [2.24, 2.45) is 4.99 Å². The first-order valence-electron chi connectivity index (χ1n) is 2.66. The van der Waals surface area contributed by atoms with Crippen molar-refractivity contribution in [2.75, 3.05) is 7.11 Å². The van der Waals surface area contributed by atoms with E-state index in [0.29, 0.717) is 0 Å². The summed E-state index contributed by atoms with van der Waals surface area (Å²) in [5, 5.41) is 0. The lowest BCUT2D eigenvalue weighted by atomic mass is 10.5. The van der Waals surface area contributed by atoms with Crippen molar-refractivity contribution in [3.8, 4) is 0 Å². The topological polar surface area (TPSA) is 21.6 Å². The van der Waals surface area contributed by atoms with Crippen molar-refractivity contribution in [2.45, 2.75) is 6.92 Å². The van der Waals surface area contributed by atoms with Gasteiger partial charge < -0.3 is 4.74 Å². The van der Waals surface area contributed by atoms with E-state index in [0.717, 1.165) is 5.70 Å². The molecule has 9 heavy (non-hydrogen) atoms. The molecule has 0 spiro atoms. The average Bonchev–Trinajstić information content (AvgIpc) is 1.85. The molecule has 0 aromatic heterocycles. The highest BCUT2D eigenvalue weighted by Crippen LogP contribution is 1.91. The molecule has 0 saturated carbocycles. The van der Waals surface area contributed by atoms with Gasteiger partial charge in [0.15, 0.2) is 0 Å². The van der Waals surface area contributed by atoms with Gasteiger partial charge in [-0.3, -0.25) is 4.99 Å². The monoisotopic (exact) mass is 125 g/mol. The van der Waals surface area contributed by atoms with Crippen LogP contribution in [0.5, 0.6) is 0 Å². The molecule has 50 valence electrons. The molecule has 0 unspecified atom stereocenters. The van der Waals surface area contributed by atoms with Gasteiger partial charge in [-0.25, -0.2) is 0 Å². The van der Waals surface area contributed by atoms with Gasteiger partial charge in [-0.05, 0) is 6.92 Å². The first-order chi connectivity index (χ1) is 4.31. The molecule has 2 nitrogen and oxygen atoms in total. The minimum Gasteiger partial charge on any atom is -0.502 e. The molecule has 0 radical (unpaired) electrons. The minimum absolute atomic E-state index is 0.831. The maximum Gasteiger partial charge on any atom is 0.104 e. The van der Waals surface area contributed by atoms with E-state index in [2.05, 4.69) is 11.6 Å². The molecule has 0 N–H and O–H groups in total. The summed E-state index contributed by atoms with van der Waals surface area (Å²) < 4.78 is 4.69. The molecule has 0 heterocycles. The van der Waals surface area contributed by atoms with E-state index in [9.17, 15) is 0 Å². The van der Waals surface area contributed by atoms with Crippen LogP contribution >= 0.6 is 0 Å². The Kier molecular flexibility index (Phi) is 4.50. The first-order valence-corrected chi connectivity index (χ1v) is 2.66. The maximum absolute atomic E-state index is 4.69. The van der Waals surface area contributed by atoms with Crippen LogP contribution in [0.1, 0.15) is 6.92 Å². The third-order valence-corrected chi connectivity index (χ3v) is 0.672. The average molecular weight is 125 g/mol. The standard InChI is InChI=1S/C7H11NO/c1-4-5-8-7(2)6-9-3/h4-6H,1H2,2-3H3/b7-6-,8-5-. The van der Waals surface area contributed by atoms with Crippen molar-refractivity contribution in [1.82, 2.24) is 0 Å². The highest BCUT2D eigenvalue weighted by molar-refractivity contribution is 5.71. The molecule has 0 aromatic carbocycles. The molecule has 0 aromatic rings. The first kappa shape index (κ1) is 7.95. The zero-order valence-electron chi connectivity index (χ0n) is 5.79. The molecular formula is C7H11NO. The minimum atomic E-state index is 0.831. The fourth-order valence-corrected chi connectivity index (χ4v) is 0.371. The van der Waals surface area contributed by atoms with E-state index in [1.54, 1.807) is 25.7 Å². The number of allylic oxidation sites excluding steroid dienone is 2. The van der Waals surface area contributed by atoms with E-state index in [-0.39, 0.29) is 0 Å². The molecule has 0 atom stereocenters. The molecule has 0 aliphatic carbocycles. The molecule has 0 saturated heterocycles. The van der Waals surface area contributed by atoms with Gasteiger partial charge in [0.2, 0.25) is 0 Å². The molecular weight excluding hydrogens is 114 g/mol. The molecule has 0 amide bonds. The van der Waals surface area contributed by atoms with E-state index in [1.807, 2.05) is 6.92 Å². The normalized spacial score (nSPS) is 12.0. The van der Waals surface area contributed by atoms with Crippen molar-refractivity contribution < 1.29 is 4.74 Å². The van der Waals surface area contributed by atoms with Crippen LogP contribution in [-0.4, -0.2) is 13.3 Å². The summed E-state index contributed by atoms with van der Waals surface area (Å²) in [6.45, 7) is 5.33. The predicted octanol–water partition coefficient (Wildman–Crippen LogP) is 1.75. The van der Waals surface area contributed by atoms with Gasteiger partial charge in [-0.2, -0.15) is 0 Å². The Hall–Kier alpha value is -1.05. The van der Waals surface area contributed by atoms with Crippen LogP contribution in [-0.2, 0) is 4.74 Å². The van der Waals surface area contributed by atoms with E-state index in [4.69, 9.17) is 4.74 Å². The molecule has 0 fully saturated rings. The van der Waals surface area contributed by atoms with Crippen LogP contribution in [0.15, 0.2) is 29.6 Å². The lowest BCUT2D eigenvalue weighted by Gasteiger charge is -1.88. The number of nitrogens with zero attached hydrogens (tertiary/aromatic N) is 1. The van der Waals surface area contributed by atoms with Gasteiger partial charge in [-0.15, -0.1) is 0 Å². The Morgan fingerprint density at radius 1 is 1.67 bits per heavy atom. The third-order valence-electron chi connectivity index (χ3n) is 0.672. The van der Waals surface area contributed by atoms with Gasteiger partial charge in [0, 0.05) is 6.21 Å². The molecule has 0 aliphatic rings. The lowest BCUT2D eigenvalue weighted by Crippen LogP contribution is -1.72. The summed E-state index contributed by atoms with van der Waals surface area (Å²) in [6, 6.07) is 0. The van der Waals surface area contributed by atoms with E-state index < -0.39 is 0 Å². The van der Waals surface area contributed by atoms with E-state index >= 15 is 0 Å². The quantitative estimate of drug-likeness (QED) is 0.416. The smallest absolute Gasteiger partial charge is 0.104 e. The number of hydrogen-bond acceptors (Lipinski definition) is 2. The summed E-state index contributed by atoms with van der Waals surface area (Å²) in [4.78, 5) is 3.93. The van der Waals surface area contributed by atoms with Crippen LogP contribution in [0.2, 0.25) is 0 Å². The number of rotatable bonds is 3. The van der Waals surface area contributed by atoms with Crippen LogP contribution in [0, 0.1) is 0 Å². The Morgan fingerprint density at radius 2 is 2.33 bits per heavy atom. The fourth-order valence-electron chi connectivity index (χ4n) is 0.371. The van der Waals surface area contributed by atoms with Crippen LogP contribution in [0.4, 0.5) is 0 Å². The summed E-state index contributed by atoms with van der Waals surface area (Å²) in [7, 11) is 1.59. The van der Waals surface area contributed by atoms with Gasteiger partial charge in [0.1, 0.15) is 6.26 Å². The van der Waals surface area contributed by atoms with Gasteiger partial charge in [-0.1, -0.05) is 12.7 Å². The molecule has 0 aliphatic heterocycles. The second kappa shape index (κ2) is 5.09. The second-order valence-electron chi connectivity index (χ2n) is 1.51. The highest BCUT2D eigenvalue weighted by Gasteiger charge is 1.76. The van der Waals surface area contributed by atoms with Gasteiger partial charge in [0.05, 0.1) is 12.8 Å². The summed E-state index contributed by atoms with van der Waals surface area (Å²) in [5.41, 5.74) is 0.831. The zero-order valence-corrected chi connectivity index (χ0v) is 5.79. The molecule has 0 bridgehead atoms. The lowest BCUT2D eigenvalue weighted by molar-refractivity contribution is 0.333. The Bertz CT molecular complexity index is 136. The SMILES string of the molecule is C=C/C=N\C(C)=C/OC. The van der Waals surface area contributed by atoms with Crippen LogP contribution in [0.3, 0.4) is 0 Å². The van der Waals surface area contributed by atoms with Crippen LogP contribution < -0.4 is 0 Å². The zero-order chi connectivity index (χ0) is 7.11. The highest BCUT2D eigenvalue weighted by atomic mass is 16.5. The Balaban J connectivity index is 3.74. The van der Waals surface area contributed by atoms with Crippen molar-refractivity contribution in [3.63, 3.8) is 0 Å². The number of hydrogen-bond donors (Lipinski definition) is 0. The second-order valence-corrected chi connectivity index (χ2v) is 1.51. The molecule has 2 heteroatoms. The Labute approximate surface area is 55.6 Å². The van der Waals surface area contributed by atoms with Crippen molar-refractivity contribution in [1.29, 1.82) is 0 Å². The number of methoxy groups -OCH3 is 1. The number of aliphatic imine (C=N–C) groups is 1. The maximum atomic E-state index is 4.69. The predicted molar refractivity (Wildman–Crippen MR) is 39.5 cm³/mol. The van der Waals surface area contributed by atoms with Crippen LogP contribution in [0.25, 0.3) is 0 Å².